The van der Waals surface area contributed by atoms with Crippen LogP contribution in [0.3, 0.4) is 0 Å². The van der Waals surface area contributed by atoms with Gasteiger partial charge in [0.25, 0.3) is 0 Å². The number of aryl methyl sites for hydroxylation is 2. The Morgan fingerprint density at radius 1 is 1.32 bits per heavy atom. The summed E-state index contributed by atoms with van der Waals surface area (Å²) in [6, 6.07) is 3.73. The lowest BCUT2D eigenvalue weighted by Crippen LogP contribution is -2.19. The van der Waals surface area contributed by atoms with Gasteiger partial charge in [0.15, 0.2) is 0 Å². The van der Waals surface area contributed by atoms with Gasteiger partial charge in [0, 0.05) is 6.61 Å². The highest BCUT2D eigenvalue weighted by atomic mass is 35.5. The largest absolute Gasteiger partial charge is 0.378 e. The number of hydrogen-bond donors (Lipinski definition) is 0. The average Bonchev–Trinajstić information content (AvgIpc) is 2.42. The predicted molar refractivity (Wildman–Crippen MR) is 77.3 cm³/mol. The molecule has 1 nitrogen and oxygen atoms in total. The quantitative estimate of drug-likeness (QED) is 0.701. The first-order valence-corrected chi connectivity index (χ1v) is 7.54. The van der Waals surface area contributed by atoms with E-state index in [1.165, 1.54) is 12.8 Å². The summed E-state index contributed by atoms with van der Waals surface area (Å²) in [5.74, 6) is -0.122. The fourth-order valence-corrected chi connectivity index (χ4v) is 2.95. The van der Waals surface area contributed by atoms with Gasteiger partial charge in [-0.2, -0.15) is 0 Å². The van der Waals surface area contributed by atoms with Crippen LogP contribution in [0.5, 0.6) is 0 Å². The van der Waals surface area contributed by atoms with Crippen molar-refractivity contribution in [3.8, 4) is 0 Å². The van der Waals surface area contributed by atoms with E-state index in [0.29, 0.717) is 17.2 Å². The first-order valence-electron chi connectivity index (χ1n) is 7.10. The minimum atomic E-state index is -0.122. The molecule has 0 N–H and O–H groups in total. The lowest BCUT2D eigenvalue weighted by atomic mass is 9.98. The Balaban J connectivity index is 1.93. The van der Waals surface area contributed by atoms with Crippen LogP contribution >= 0.6 is 11.6 Å². The number of hydrogen-bond acceptors (Lipinski definition) is 1. The molecular formula is C16H22ClFO. The molecule has 1 fully saturated rings. The van der Waals surface area contributed by atoms with Gasteiger partial charge in [-0.25, -0.2) is 4.39 Å². The Hall–Kier alpha value is -0.600. The van der Waals surface area contributed by atoms with Crippen molar-refractivity contribution in [2.45, 2.75) is 57.4 Å². The molecule has 0 bridgehead atoms. The second-order valence-electron chi connectivity index (χ2n) is 5.50. The predicted octanol–water partition coefficient (Wildman–Crippen LogP) is 5.07. The van der Waals surface area contributed by atoms with E-state index in [2.05, 4.69) is 0 Å². The van der Waals surface area contributed by atoms with Gasteiger partial charge in [-0.15, -0.1) is 11.6 Å². The van der Waals surface area contributed by atoms with Crippen molar-refractivity contribution in [2.75, 3.05) is 6.61 Å². The Labute approximate surface area is 120 Å². The average molecular weight is 285 g/mol. The molecule has 3 heteroatoms. The smallest absolute Gasteiger partial charge is 0.129 e. The van der Waals surface area contributed by atoms with Crippen LogP contribution in [0.25, 0.3) is 0 Å². The highest BCUT2D eigenvalue weighted by molar-refractivity contribution is 6.20. The van der Waals surface area contributed by atoms with Crippen LogP contribution in [0.1, 0.15) is 54.2 Å². The molecule has 1 saturated heterocycles. The Kier molecular flexibility index (Phi) is 5.23. The molecule has 2 atom stereocenters. The number of benzene rings is 1. The normalized spacial score (nSPS) is 21.4. The minimum absolute atomic E-state index is 0.0523. The maximum atomic E-state index is 13.6. The summed E-state index contributed by atoms with van der Waals surface area (Å²) in [5.41, 5.74) is 2.37. The molecule has 1 heterocycles. The van der Waals surface area contributed by atoms with E-state index < -0.39 is 0 Å². The van der Waals surface area contributed by atoms with Crippen LogP contribution in [0.4, 0.5) is 4.39 Å². The zero-order valence-electron chi connectivity index (χ0n) is 11.7. The highest BCUT2D eigenvalue weighted by Gasteiger charge is 2.17. The number of rotatable bonds is 4. The summed E-state index contributed by atoms with van der Waals surface area (Å²) in [4.78, 5) is 0. The second kappa shape index (κ2) is 6.71. The van der Waals surface area contributed by atoms with Gasteiger partial charge in [0.2, 0.25) is 0 Å². The van der Waals surface area contributed by atoms with Crippen molar-refractivity contribution < 1.29 is 9.13 Å². The molecule has 1 aromatic carbocycles. The molecule has 1 aliphatic heterocycles. The summed E-state index contributed by atoms with van der Waals surface area (Å²) in [5, 5.41) is -0.0523. The Morgan fingerprint density at radius 2 is 2.00 bits per heavy atom. The van der Waals surface area contributed by atoms with Gasteiger partial charge in [0.05, 0.1) is 11.5 Å². The maximum absolute atomic E-state index is 13.6. The highest BCUT2D eigenvalue weighted by Crippen LogP contribution is 2.30. The summed E-state index contributed by atoms with van der Waals surface area (Å²) in [7, 11) is 0. The number of halogens is 2. The van der Waals surface area contributed by atoms with E-state index in [4.69, 9.17) is 16.3 Å². The van der Waals surface area contributed by atoms with E-state index in [9.17, 15) is 4.39 Å². The zero-order valence-corrected chi connectivity index (χ0v) is 12.5. The third kappa shape index (κ3) is 3.93. The minimum Gasteiger partial charge on any atom is -0.378 e. The molecule has 0 aromatic heterocycles. The van der Waals surface area contributed by atoms with Gasteiger partial charge in [-0.05, 0) is 62.6 Å². The molecule has 106 valence electrons. The molecule has 1 aliphatic rings. The molecule has 19 heavy (non-hydrogen) atoms. The number of ether oxygens (including phenoxy) is 1. The van der Waals surface area contributed by atoms with E-state index in [1.54, 1.807) is 13.8 Å². The van der Waals surface area contributed by atoms with E-state index in [1.807, 2.05) is 12.1 Å². The molecule has 0 radical (unpaired) electrons. The van der Waals surface area contributed by atoms with E-state index >= 15 is 0 Å². The molecule has 0 saturated carbocycles. The Bertz CT molecular complexity index is 404. The van der Waals surface area contributed by atoms with Crippen LogP contribution in [0.15, 0.2) is 12.1 Å². The summed E-state index contributed by atoms with van der Waals surface area (Å²) < 4.78 is 19.3. The summed E-state index contributed by atoms with van der Waals surface area (Å²) >= 11 is 6.44. The molecular weight excluding hydrogens is 263 g/mol. The second-order valence-corrected chi connectivity index (χ2v) is 6.03. The molecule has 1 aromatic rings. The van der Waals surface area contributed by atoms with Gasteiger partial charge in [-0.3, -0.25) is 0 Å². The van der Waals surface area contributed by atoms with Crippen LogP contribution < -0.4 is 0 Å². The summed E-state index contributed by atoms with van der Waals surface area (Å²) in [6.07, 6.45) is 5.81. The first kappa shape index (κ1) is 14.8. The topological polar surface area (TPSA) is 9.23 Å². The lowest BCUT2D eigenvalue weighted by molar-refractivity contribution is 0.0100. The van der Waals surface area contributed by atoms with Crippen LogP contribution in [-0.4, -0.2) is 12.7 Å². The zero-order chi connectivity index (χ0) is 13.8. The lowest BCUT2D eigenvalue weighted by Gasteiger charge is -2.23. The number of alkyl halides is 1. The van der Waals surface area contributed by atoms with Crippen molar-refractivity contribution in [1.82, 2.24) is 0 Å². The first-order chi connectivity index (χ1) is 9.08. The van der Waals surface area contributed by atoms with Crippen LogP contribution in [0.2, 0.25) is 0 Å². The molecule has 0 spiro atoms. The van der Waals surface area contributed by atoms with Crippen molar-refractivity contribution in [1.29, 1.82) is 0 Å². The van der Waals surface area contributed by atoms with Gasteiger partial charge in [-0.1, -0.05) is 12.1 Å². The molecule has 2 unspecified atom stereocenters. The molecule has 0 amide bonds. The van der Waals surface area contributed by atoms with Crippen molar-refractivity contribution in [3.63, 3.8) is 0 Å². The SMILES string of the molecule is Cc1cc(C(Cl)CCC2CCCCO2)cc(C)c1F. The third-order valence-electron chi connectivity index (χ3n) is 3.84. The monoisotopic (exact) mass is 284 g/mol. The molecule has 0 aliphatic carbocycles. The van der Waals surface area contributed by atoms with Crippen molar-refractivity contribution >= 4 is 11.6 Å². The third-order valence-corrected chi connectivity index (χ3v) is 4.31. The Morgan fingerprint density at radius 3 is 2.58 bits per heavy atom. The molecule has 2 rings (SSSR count). The van der Waals surface area contributed by atoms with E-state index in [-0.39, 0.29) is 11.2 Å². The van der Waals surface area contributed by atoms with Crippen LogP contribution in [0, 0.1) is 19.7 Å². The van der Waals surface area contributed by atoms with Gasteiger partial charge < -0.3 is 4.74 Å². The fraction of sp³-hybridized carbons (Fsp3) is 0.625. The van der Waals surface area contributed by atoms with E-state index in [0.717, 1.165) is 31.4 Å². The van der Waals surface area contributed by atoms with Gasteiger partial charge >= 0.3 is 0 Å². The van der Waals surface area contributed by atoms with Crippen molar-refractivity contribution in [3.05, 3.63) is 34.6 Å². The van der Waals surface area contributed by atoms with Crippen molar-refractivity contribution in [2.24, 2.45) is 0 Å². The fourth-order valence-electron chi connectivity index (χ4n) is 2.69. The van der Waals surface area contributed by atoms with Gasteiger partial charge in [0.1, 0.15) is 5.82 Å². The summed E-state index contributed by atoms with van der Waals surface area (Å²) in [6.45, 7) is 4.46. The standard InChI is InChI=1S/C16H22ClFO/c1-11-9-13(10-12(2)16(11)18)15(17)7-6-14-5-3-4-8-19-14/h9-10,14-15H,3-8H2,1-2H3. The van der Waals surface area contributed by atoms with Crippen LogP contribution in [-0.2, 0) is 4.74 Å². The maximum Gasteiger partial charge on any atom is 0.129 e.